The standard InChI is InChI=1S/C24H22N2O5S/c1-16-9-10-20-19(13-16)25-24(27)18-14-23(32(28,29)26-11-5-6-12-26)22(15-21(18)31-20)30-17-7-3-2-4-8-17/h2-4,7-10,13-15H,5-6,11-12H2,1H3,(H,25,27). The number of anilines is 1. The van der Waals surface area contributed by atoms with E-state index in [2.05, 4.69) is 5.32 Å². The van der Waals surface area contributed by atoms with Gasteiger partial charge in [-0.3, -0.25) is 4.79 Å². The molecule has 0 radical (unpaired) electrons. The number of hydrogen-bond donors (Lipinski definition) is 1. The molecule has 2 heterocycles. The van der Waals surface area contributed by atoms with Gasteiger partial charge in [0.05, 0.1) is 11.3 Å². The lowest BCUT2D eigenvalue weighted by molar-refractivity contribution is 0.102. The topological polar surface area (TPSA) is 84.9 Å². The third-order valence-corrected chi connectivity index (χ3v) is 7.47. The van der Waals surface area contributed by atoms with E-state index in [0.717, 1.165) is 18.4 Å². The monoisotopic (exact) mass is 450 g/mol. The van der Waals surface area contributed by atoms with Gasteiger partial charge in [-0.25, -0.2) is 8.42 Å². The summed E-state index contributed by atoms with van der Waals surface area (Å²) in [6.45, 7) is 2.80. The lowest BCUT2D eigenvalue weighted by atomic mass is 10.1. The molecule has 3 aromatic carbocycles. The van der Waals surface area contributed by atoms with Crippen molar-refractivity contribution in [2.75, 3.05) is 18.4 Å². The van der Waals surface area contributed by atoms with E-state index in [1.807, 2.05) is 25.1 Å². The lowest BCUT2D eigenvalue weighted by Gasteiger charge is -2.20. The van der Waals surface area contributed by atoms with Gasteiger partial charge in [0, 0.05) is 19.2 Å². The van der Waals surface area contributed by atoms with E-state index in [1.54, 1.807) is 30.3 Å². The SMILES string of the molecule is Cc1ccc2c(c1)NC(=O)c1cc(S(=O)(=O)N3CCCC3)c(Oc3ccccc3)cc1O2. The summed E-state index contributed by atoms with van der Waals surface area (Å²) in [5.41, 5.74) is 1.63. The predicted octanol–water partition coefficient (Wildman–Crippen LogP) is 4.93. The van der Waals surface area contributed by atoms with Crippen molar-refractivity contribution in [2.45, 2.75) is 24.7 Å². The van der Waals surface area contributed by atoms with Gasteiger partial charge in [0.15, 0.2) is 11.5 Å². The number of rotatable bonds is 4. The van der Waals surface area contributed by atoms with E-state index in [9.17, 15) is 13.2 Å². The van der Waals surface area contributed by atoms with E-state index < -0.39 is 15.9 Å². The van der Waals surface area contributed by atoms with Gasteiger partial charge in [-0.05, 0) is 55.7 Å². The van der Waals surface area contributed by atoms with Crippen LogP contribution in [0.2, 0.25) is 0 Å². The number of nitrogens with one attached hydrogen (secondary N) is 1. The Morgan fingerprint density at radius 2 is 1.72 bits per heavy atom. The summed E-state index contributed by atoms with van der Waals surface area (Å²) in [7, 11) is -3.86. The lowest BCUT2D eigenvalue weighted by Crippen LogP contribution is -2.28. The third-order valence-electron chi connectivity index (χ3n) is 5.55. The van der Waals surface area contributed by atoms with Crippen LogP contribution < -0.4 is 14.8 Å². The molecule has 0 atom stereocenters. The summed E-state index contributed by atoms with van der Waals surface area (Å²) in [6.07, 6.45) is 1.61. The van der Waals surface area contributed by atoms with Crippen molar-refractivity contribution >= 4 is 21.6 Å². The van der Waals surface area contributed by atoms with Gasteiger partial charge in [-0.15, -0.1) is 0 Å². The highest BCUT2D eigenvalue weighted by atomic mass is 32.2. The van der Waals surface area contributed by atoms with Gasteiger partial charge < -0.3 is 14.8 Å². The van der Waals surface area contributed by atoms with Crippen LogP contribution in [-0.2, 0) is 10.0 Å². The first-order chi connectivity index (χ1) is 15.4. The van der Waals surface area contributed by atoms with E-state index in [-0.39, 0.29) is 22.0 Å². The van der Waals surface area contributed by atoms with Crippen molar-refractivity contribution < 1.29 is 22.7 Å². The largest absolute Gasteiger partial charge is 0.456 e. The molecule has 0 aromatic heterocycles. The second-order valence-electron chi connectivity index (χ2n) is 7.88. The van der Waals surface area contributed by atoms with E-state index >= 15 is 0 Å². The first-order valence-electron chi connectivity index (χ1n) is 10.4. The third kappa shape index (κ3) is 3.72. The minimum absolute atomic E-state index is 0.0529. The molecule has 1 fully saturated rings. The molecule has 2 aliphatic rings. The van der Waals surface area contributed by atoms with Gasteiger partial charge in [-0.2, -0.15) is 4.31 Å². The highest BCUT2D eigenvalue weighted by Crippen LogP contribution is 2.42. The Bertz CT molecular complexity index is 1300. The Kier molecular flexibility index (Phi) is 5.11. The second-order valence-corrected chi connectivity index (χ2v) is 9.78. The molecule has 0 unspecified atom stereocenters. The Morgan fingerprint density at radius 3 is 2.47 bits per heavy atom. The zero-order chi connectivity index (χ0) is 22.3. The van der Waals surface area contributed by atoms with Gasteiger partial charge in [0.2, 0.25) is 10.0 Å². The van der Waals surface area contributed by atoms with Crippen molar-refractivity contribution in [3.63, 3.8) is 0 Å². The number of ether oxygens (including phenoxy) is 2. The number of hydrogen-bond acceptors (Lipinski definition) is 5. The molecule has 164 valence electrons. The summed E-state index contributed by atoms with van der Waals surface area (Å²) in [4.78, 5) is 13.0. The number of carbonyl (C=O) groups is 1. The number of nitrogens with zero attached hydrogens (tertiary/aromatic N) is 1. The van der Waals surface area contributed by atoms with Crippen LogP contribution in [0.4, 0.5) is 5.69 Å². The van der Waals surface area contributed by atoms with Gasteiger partial charge >= 0.3 is 0 Å². The quantitative estimate of drug-likeness (QED) is 0.609. The number of fused-ring (bicyclic) bond motifs is 2. The number of aryl methyl sites for hydroxylation is 1. The molecule has 32 heavy (non-hydrogen) atoms. The smallest absolute Gasteiger partial charge is 0.259 e. The van der Waals surface area contributed by atoms with Gasteiger partial charge in [-0.1, -0.05) is 24.3 Å². The highest BCUT2D eigenvalue weighted by molar-refractivity contribution is 7.89. The van der Waals surface area contributed by atoms with Crippen LogP contribution in [0, 0.1) is 6.92 Å². The van der Waals surface area contributed by atoms with E-state index in [4.69, 9.17) is 9.47 Å². The number of benzene rings is 3. The Labute approximate surface area is 186 Å². The van der Waals surface area contributed by atoms with E-state index in [0.29, 0.717) is 30.3 Å². The molecule has 0 spiro atoms. The number of carbonyl (C=O) groups excluding carboxylic acids is 1. The molecule has 5 rings (SSSR count). The van der Waals surface area contributed by atoms with Crippen LogP contribution in [0.25, 0.3) is 0 Å². The molecule has 1 saturated heterocycles. The fourth-order valence-corrected chi connectivity index (χ4v) is 5.54. The van der Waals surface area contributed by atoms with Crippen molar-refractivity contribution in [1.82, 2.24) is 4.31 Å². The number of para-hydroxylation sites is 1. The van der Waals surface area contributed by atoms with Crippen LogP contribution >= 0.6 is 0 Å². The van der Waals surface area contributed by atoms with Gasteiger partial charge in [0.1, 0.15) is 16.4 Å². The summed E-state index contributed by atoms with van der Waals surface area (Å²) in [5.74, 6) is 0.873. The first kappa shape index (κ1) is 20.5. The summed E-state index contributed by atoms with van der Waals surface area (Å²) in [6, 6.07) is 17.2. The maximum Gasteiger partial charge on any atom is 0.259 e. The average molecular weight is 451 g/mol. The van der Waals surface area contributed by atoms with Crippen LogP contribution in [-0.4, -0.2) is 31.7 Å². The molecule has 3 aromatic rings. The fraction of sp³-hybridized carbons (Fsp3) is 0.208. The molecule has 1 N–H and O–H groups in total. The Balaban J connectivity index is 1.66. The second kappa shape index (κ2) is 7.96. The Morgan fingerprint density at radius 1 is 0.969 bits per heavy atom. The molecular formula is C24H22N2O5S. The molecule has 0 aliphatic carbocycles. The van der Waals surface area contributed by atoms with Gasteiger partial charge in [0.25, 0.3) is 5.91 Å². The zero-order valence-corrected chi connectivity index (χ0v) is 18.3. The highest BCUT2D eigenvalue weighted by Gasteiger charge is 2.33. The van der Waals surface area contributed by atoms with Crippen LogP contribution in [0.15, 0.2) is 65.6 Å². The Hall–Kier alpha value is -3.36. The molecule has 7 nitrogen and oxygen atoms in total. The van der Waals surface area contributed by atoms with Crippen molar-refractivity contribution in [3.8, 4) is 23.0 Å². The summed E-state index contributed by atoms with van der Waals surface area (Å²) in [5, 5.41) is 2.82. The van der Waals surface area contributed by atoms with Crippen molar-refractivity contribution in [1.29, 1.82) is 0 Å². The van der Waals surface area contributed by atoms with Crippen molar-refractivity contribution in [2.24, 2.45) is 0 Å². The molecule has 0 bridgehead atoms. The summed E-state index contributed by atoms with van der Waals surface area (Å²) < 4.78 is 40.4. The number of amides is 1. The van der Waals surface area contributed by atoms with Crippen LogP contribution in [0.1, 0.15) is 28.8 Å². The van der Waals surface area contributed by atoms with Crippen molar-refractivity contribution in [3.05, 3.63) is 71.8 Å². The number of sulfonamides is 1. The predicted molar refractivity (Wildman–Crippen MR) is 120 cm³/mol. The molecule has 1 amide bonds. The van der Waals surface area contributed by atoms with E-state index in [1.165, 1.54) is 16.4 Å². The maximum atomic E-state index is 13.5. The minimum Gasteiger partial charge on any atom is -0.456 e. The first-order valence-corrected chi connectivity index (χ1v) is 11.9. The van der Waals surface area contributed by atoms with Crippen LogP contribution in [0.5, 0.6) is 23.0 Å². The normalized spacial score (nSPS) is 15.8. The minimum atomic E-state index is -3.86. The molecule has 2 aliphatic heterocycles. The summed E-state index contributed by atoms with van der Waals surface area (Å²) >= 11 is 0. The zero-order valence-electron chi connectivity index (χ0n) is 17.5. The maximum absolute atomic E-state index is 13.5. The molecule has 0 saturated carbocycles. The molecule has 8 heteroatoms. The average Bonchev–Trinajstić information content (AvgIpc) is 3.28. The fourth-order valence-electron chi connectivity index (χ4n) is 3.91. The van der Waals surface area contributed by atoms with Crippen LogP contribution in [0.3, 0.4) is 0 Å². The molecular weight excluding hydrogens is 428 g/mol.